The maximum Gasteiger partial charge on any atom is 0.254 e. The van der Waals surface area contributed by atoms with Crippen LogP contribution in [-0.2, 0) is 0 Å². The molecule has 0 aliphatic carbocycles. The Hall–Kier alpha value is -2.70. The minimum Gasteiger partial charge on any atom is -0.360 e. The molecular weight excluding hydrogens is 380 g/mol. The highest BCUT2D eigenvalue weighted by Crippen LogP contribution is 2.31. The zero-order valence-corrected chi connectivity index (χ0v) is 16.4. The Balaban J connectivity index is 1.57. The predicted octanol–water partition coefficient (Wildman–Crippen LogP) is 5.14. The number of fused-ring (bicyclic) bond motifs is 1. The van der Waals surface area contributed by atoms with Gasteiger partial charge in [-0.1, -0.05) is 23.7 Å². The van der Waals surface area contributed by atoms with Gasteiger partial charge in [0.25, 0.3) is 5.91 Å². The first kappa shape index (κ1) is 17.7. The first-order chi connectivity index (χ1) is 13.0. The number of carbonyl (C=O) groups is 1. The van der Waals surface area contributed by atoms with Crippen molar-refractivity contribution >= 4 is 39.7 Å². The number of thiazole rings is 1. The van der Waals surface area contributed by atoms with Crippen molar-refractivity contribution in [3.8, 4) is 11.3 Å². The maximum absolute atomic E-state index is 12.7. The van der Waals surface area contributed by atoms with Gasteiger partial charge in [0.2, 0.25) is 0 Å². The third-order valence-electron chi connectivity index (χ3n) is 4.37. The fourth-order valence-electron chi connectivity index (χ4n) is 2.97. The number of nitrogens with one attached hydrogen (secondary N) is 2. The molecule has 1 aromatic carbocycles. The van der Waals surface area contributed by atoms with E-state index in [1.165, 1.54) is 0 Å². The molecule has 0 bridgehead atoms. The summed E-state index contributed by atoms with van der Waals surface area (Å²) in [5, 5.41) is 5.44. The summed E-state index contributed by atoms with van der Waals surface area (Å²) >= 11 is 7.55. The highest BCUT2D eigenvalue weighted by molar-refractivity contribution is 7.12. The Bertz CT molecular complexity index is 1120. The van der Waals surface area contributed by atoms with Gasteiger partial charge in [0.1, 0.15) is 5.01 Å². The number of amides is 1. The van der Waals surface area contributed by atoms with E-state index in [4.69, 9.17) is 16.6 Å². The average molecular weight is 397 g/mol. The van der Waals surface area contributed by atoms with Crippen LogP contribution in [0.4, 0.5) is 0 Å². The van der Waals surface area contributed by atoms with Gasteiger partial charge in [0.05, 0.1) is 29.0 Å². The third-order valence-corrected chi connectivity index (χ3v) is 5.78. The van der Waals surface area contributed by atoms with E-state index in [9.17, 15) is 4.79 Å². The number of nitrogens with zero attached hydrogens (tertiary/aromatic N) is 2. The number of carbonyl (C=O) groups excluding carboxylic acids is 1. The van der Waals surface area contributed by atoms with Gasteiger partial charge in [0.15, 0.2) is 0 Å². The van der Waals surface area contributed by atoms with Gasteiger partial charge in [-0.25, -0.2) is 4.98 Å². The van der Waals surface area contributed by atoms with Crippen molar-refractivity contribution in [2.75, 3.05) is 0 Å². The molecule has 0 saturated carbocycles. The quantitative estimate of drug-likeness (QED) is 0.501. The summed E-state index contributed by atoms with van der Waals surface area (Å²) < 4.78 is 0. The van der Waals surface area contributed by atoms with Gasteiger partial charge in [-0.2, -0.15) is 0 Å². The van der Waals surface area contributed by atoms with E-state index in [0.717, 1.165) is 32.0 Å². The van der Waals surface area contributed by atoms with E-state index in [0.29, 0.717) is 10.6 Å². The van der Waals surface area contributed by atoms with E-state index in [-0.39, 0.29) is 11.9 Å². The summed E-state index contributed by atoms with van der Waals surface area (Å²) in [6.45, 7) is 3.97. The molecular formula is C20H17ClN4OS. The summed E-state index contributed by atoms with van der Waals surface area (Å²) in [7, 11) is 0. The lowest BCUT2D eigenvalue weighted by Gasteiger charge is -2.11. The maximum atomic E-state index is 12.7. The Kier molecular flexibility index (Phi) is 4.68. The molecule has 2 N–H and O–H groups in total. The highest BCUT2D eigenvalue weighted by Gasteiger charge is 2.19. The molecule has 5 nitrogen and oxygen atoms in total. The Morgan fingerprint density at radius 3 is 2.78 bits per heavy atom. The van der Waals surface area contributed by atoms with Crippen molar-refractivity contribution in [1.29, 1.82) is 0 Å². The van der Waals surface area contributed by atoms with Gasteiger partial charge in [-0.05, 0) is 32.0 Å². The molecule has 0 fully saturated rings. The largest absolute Gasteiger partial charge is 0.360 e. The molecule has 27 heavy (non-hydrogen) atoms. The molecule has 4 aromatic rings. The molecule has 136 valence electrons. The number of aryl methyl sites for hydroxylation is 1. The fraction of sp³-hybridized carbons (Fsp3) is 0.150. The number of hydrogen-bond acceptors (Lipinski definition) is 4. The van der Waals surface area contributed by atoms with Crippen LogP contribution in [0, 0.1) is 6.92 Å². The molecule has 3 aromatic heterocycles. The van der Waals surface area contributed by atoms with E-state index in [1.54, 1.807) is 29.9 Å². The molecule has 0 radical (unpaired) electrons. The van der Waals surface area contributed by atoms with Gasteiger partial charge in [-0.15, -0.1) is 11.3 Å². The van der Waals surface area contributed by atoms with Crippen LogP contribution in [0.25, 0.3) is 22.2 Å². The molecule has 0 aliphatic heterocycles. The van der Waals surface area contributed by atoms with E-state index < -0.39 is 0 Å². The van der Waals surface area contributed by atoms with Crippen molar-refractivity contribution in [2.24, 2.45) is 0 Å². The van der Waals surface area contributed by atoms with Crippen LogP contribution in [-0.4, -0.2) is 20.9 Å². The fourth-order valence-corrected chi connectivity index (χ4v) is 4.05. The van der Waals surface area contributed by atoms with Crippen molar-refractivity contribution in [3.63, 3.8) is 0 Å². The minimum atomic E-state index is -0.212. The van der Waals surface area contributed by atoms with E-state index in [2.05, 4.69) is 15.3 Å². The van der Waals surface area contributed by atoms with Gasteiger partial charge in [-0.3, -0.25) is 9.78 Å². The summed E-state index contributed by atoms with van der Waals surface area (Å²) in [4.78, 5) is 25.8. The van der Waals surface area contributed by atoms with E-state index >= 15 is 0 Å². The second-order valence-electron chi connectivity index (χ2n) is 6.28. The molecule has 7 heteroatoms. The number of H-pyrrole nitrogens is 1. The number of aromatic nitrogens is 3. The molecule has 0 saturated heterocycles. The van der Waals surface area contributed by atoms with Crippen LogP contribution in [0.1, 0.15) is 33.2 Å². The topological polar surface area (TPSA) is 70.7 Å². The highest BCUT2D eigenvalue weighted by atomic mass is 35.5. The summed E-state index contributed by atoms with van der Waals surface area (Å²) in [5.74, 6) is -0.166. The Labute approximate surface area is 165 Å². The van der Waals surface area contributed by atoms with Crippen molar-refractivity contribution in [3.05, 3.63) is 69.4 Å². The number of benzene rings is 1. The Morgan fingerprint density at radius 2 is 2.00 bits per heavy atom. The van der Waals surface area contributed by atoms with Crippen molar-refractivity contribution in [2.45, 2.75) is 19.9 Å². The standard InChI is InChI=1S/C20H17ClN4OS/c1-11(24-19(26)16-9-22-10-17-15(16)7-8-23-17)20-25-18(12(2)27-20)13-3-5-14(21)6-4-13/h3-11,23H,1-2H3,(H,24,26). The zero-order chi connectivity index (χ0) is 19.0. The van der Waals surface area contributed by atoms with Gasteiger partial charge < -0.3 is 10.3 Å². The second kappa shape index (κ2) is 7.13. The average Bonchev–Trinajstić information content (AvgIpc) is 3.28. The summed E-state index contributed by atoms with van der Waals surface area (Å²) in [6.07, 6.45) is 5.09. The van der Waals surface area contributed by atoms with Crippen LogP contribution in [0.2, 0.25) is 5.02 Å². The number of hydrogen-bond donors (Lipinski definition) is 2. The van der Waals surface area contributed by atoms with Gasteiger partial charge >= 0.3 is 0 Å². The first-order valence-electron chi connectivity index (χ1n) is 8.48. The number of pyridine rings is 1. The molecule has 3 heterocycles. The Morgan fingerprint density at radius 1 is 1.22 bits per heavy atom. The smallest absolute Gasteiger partial charge is 0.254 e. The lowest BCUT2D eigenvalue weighted by Crippen LogP contribution is -2.26. The zero-order valence-electron chi connectivity index (χ0n) is 14.8. The van der Waals surface area contributed by atoms with Crippen LogP contribution < -0.4 is 5.32 Å². The lowest BCUT2D eigenvalue weighted by atomic mass is 10.1. The molecule has 0 spiro atoms. The molecule has 0 aliphatic rings. The van der Waals surface area contributed by atoms with Crippen molar-refractivity contribution < 1.29 is 4.79 Å². The predicted molar refractivity (Wildman–Crippen MR) is 109 cm³/mol. The SMILES string of the molecule is Cc1sc(C(C)NC(=O)c2cncc3[nH]ccc23)nc1-c1ccc(Cl)cc1. The van der Waals surface area contributed by atoms with Crippen LogP contribution in [0.15, 0.2) is 48.9 Å². The molecule has 1 amide bonds. The van der Waals surface area contributed by atoms with Crippen LogP contribution in [0.3, 0.4) is 0 Å². The molecule has 1 unspecified atom stereocenters. The van der Waals surface area contributed by atoms with Crippen LogP contribution in [0.5, 0.6) is 0 Å². The first-order valence-corrected chi connectivity index (χ1v) is 9.67. The van der Waals surface area contributed by atoms with Crippen LogP contribution >= 0.6 is 22.9 Å². The van der Waals surface area contributed by atoms with E-state index in [1.807, 2.05) is 44.2 Å². The van der Waals surface area contributed by atoms with Gasteiger partial charge in [0, 0.05) is 33.2 Å². The molecule has 4 rings (SSSR count). The second-order valence-corrected chi connectivity index (χ2v) is 7.96. The third kappa shape index (κ3) is 3.46. The monoisotopic (exact) mass is 396 g/mol. The number of halogens is 1. The lowest BCUT2D eigenvalue weighted by molar-refractivity contribution is 0.0941. The normalized spacial score (nSPS) is 12.3. The number of rotatable bonds is 4. The molecule has 1 atom stereocenters. The number of aromatic amines is 1. The van der Waals surface area contributed by atoms with Crippen molar-refractivity contribution in [1.82, 2.24) is 20.3 Å². The summed E-state index contributed by atoms with van der Waals surface area (Å²) in [6, 6.07) is 9.28. The summed E-state index contributed by atoms with van der Waals surface area (Å²) in [5.41, 5.74) is 3.32. The minimum absolute atomic E-state index is 0.166.